The molecule has 0 bridgehead atoms. The average molecular weight is 341 g/mol. The normalized spacial score (nSPS) is 18.5. The summed E-state index contributed by atoms with van der Waals surface area (Å²) in [6.45, 7) is 0. The zero-order valence-corrected chi connectivity index (χ0v) is 15.4. The number of hydrogen-bond acceptors (Lipinski definition) is 1. The molecular formula is C19H25GeN. The topological polar surface area (TPSA) is 12.9 Å². The molecule has 1 aliphatic rings. The van der Waals surface area contributed by atoms with Gasteiger partial charge in [-0.1, -0.05) is 0 Å². The second-order valence-electron chi connectivity index (χ2n) is 7.04. The summed E-state index contributed by atoms with van der Waals surface area (Å²) < 4.78 is 10.4. The molecule has 1 aliphatic carbocycles. The van der Waals surface area contributed by atoms with Gasteiger partial charge in [0, 0.05) is 0 Å². The zero-order chi connectivity index (χ0) is 15.8. The van der Waals surface area contributed by atoms with Crippen LogP contribution in [0.1, 0.15) is 38.5 Å². The summed E-state index contributed by atoms with van der Waals surface area (Å²) in [6.07, 6.45) is 6.45. The molecule has 3 rings (SSSR count). The van der Waals surface area contributed by atoms with Gasteiger partial charge in [0.2, 0.25) is 0 Å². The summed E-state index contributed by atoms with van der Waals surface area (Å²) in [5, 5.41) is 0. The summed E-state index contributed by atoms with van der Waals surface area (Å²) in [7, 11) is 0. The second-order valence-corrected chi connectivity index (χ2v) is 17.6. The van der Waals surface area contributed by atoms with Crippen molar-refractivity contribution in [1.82, 2.24) is 4.98 Å². The first-order valence-corrected chi connectivity index (χ1v) is 15.3. The van der Waals surface area contributed by atoms with Crippen LogP contribution in [0.4, 0.5) is 0 Å². The van der Waals surface area contributed by atoms with Crippen LogP contribution < -0.4 is 4.40 Å². The van der Waals surface area contributed by atoms with Gasteiger partial charge in [-0.2, -0.15) is 0 Å². The fourth-order valence-electron chi connectivity index (χ4n) is 3.18. The van der Waals surface area contributed by atoms with Crippen molar-refractivity contribution in [2.24, 2.45) is 0 Å². The Morgan fingerprint density at radius 1 is 1.10 bits per heavy atom. The van der Waals surface area contributed by atoms with E-state index < -0.39 is 13.3 Å². The molecule has 21 heavy (non-hydrogen) atoms. The standard InChI is InChI=1S/C19H25GeN/c1-20(2,3)18-14-21-19(16-11-5-4-6-12-16)13-17(18)15-9-7-8-10-15/h4-6,11-15H,7-10H2,1-3H3/i15D. The molecule has 1 aromatic carbocycles. The molecule has 1 fully saturated rings. The SMILES string of the molecule is [2H]C1(c2cc(-c3ccccc3)nc[c]2[Ge]([CH3])([CH3])[CH3])CCCC1. The monoisotopic (exact) mass is 342 g/mol. The summed E-state index contributed by atoms with van der Waals surface area (Å²) in [5.41, 5.74) is 3.44. The summed E-state index contributed by atoms with van der Waals surface area (Å²) >= 11 is -2.03. The number of aromatic nitrogens is 1. The Morgan fingerprint density at radius 3 is 2.38 bits per heavy atom. The van der Waals surface area contributed by atoms with Crippen molar-refractivity contribution in [2.75, 3.05) is 0 Å². The molecule has 110 valence electrons. The Hall–Kier alpha value is -1.09. The number of nitrogens with zero attached hydrogens (tertiary/aromatic N) is 1. The van der Waals surface area contributed by atoms with E-state index in [-0.39, 0.29) is 5.89 Å². The van der Waals surface area contributed by atoms with Gasteiger partial charge < -0.3 is 0 Å². The molecule has 1 saturated carbocycles. The van der Waals surface area contributed by atoms with Crippen LogP contribution in [0, 0.1) is 0 Å². The quantitative estimate of drug-likeness (QED) is 0.720. The van der Waals surface area contributed by atoms with Crippen LogP contribution in [0.25, 0.3) is 11.3 Å². The van der Waals surface area contributed by atoms with Crippen molar-refractivity contribution in [2.45, 2.75) is 48.8 Å². The molecular weight excluding hydrogens is 315 g/mol. The van der Waals surface area contributed by atoms with Crippen molar-refractivity contribution in [3.63, 3.8) is 0 Å². The first-order valence-electron chi connectivity index (χ1n) is 8.47. The van der Waals surface area contributed by atoms with Gasteiger partial charge in [0.05, 0.1) is 0 Å². The van der Waals surface area contributed by atoms with Crippen LogP contribution >= 0.6 is 0 Å². The molecule has 0 amide bonds. The minimum atomic E-state index is -2.03. The van der Waals surface area contributed by atoms with E-state index in [0.29, 0.717) is 0 Å². The average Bonchev–Trinajstić information content (AvgIpc) is 2.95. The van der Waals surface area contributed by atoms with E-state index in [0.717, 1.165) is 24.1 Å². The minimum absolute atomic E-state index is 0.389. The second kappa shape index (κ2) is 5.96. The molecule has 0 aliphatic heterocycles. The van der Waals surface area contributed by atoms with Gasteiger partial charge in [-0.3, -0.25) is 0 Å². The summed E-state index contributed by atoms with van der Waals surface area (Å²) in [4.78, 5) is 4.74. The molecule has 1 nitrogen and oxygen atoms in total. The molecule has 0 N–H and O–H groups in total. The fourth-order valence-corrected chi connectivity index (χ4v) is 6.35. The van der Waals surface area contributed by atoms with Crippen molar-refractivity contribution >= 4 is 17.7 Å². The van der Waals surface area contributed by atoms with Crippen molar-refractivity contribution < 1.29 is 1.37 Å². The van der Waals surface area contributed by atoms with Gasteiger partial charge in [0.15, 0.2) is 0 Å². The van der Waals surface area contributed by atoms with Crippen molar-refractivity contribution in [3.8, 4) is 11.3 Å². The molecule has 2 aromatic rings. The Morgan fingerprint density at radius 2 is 1.76 bits per heavy atom. The Labute approximate surface area is 132 Å². The van der Waals surface area contributed by atoms with Gasteiger partial charge in [-0.15, -0.1) is 0 Å². The third-order valence-corrected chi connectivity index (χ3v) is 8.60. The fraction of sp³-hybridized carbons (Fsp3) is 0.421. The molecule has 0 atom stereocenters. The predicted molar refractivity (Wildman–Crippen MR) is 93.9 cm³/mol. The summed E-state index contributed by atoms with van der Waals surface area (Å²) in [5.74, 6) is 6.82. The Kier molecular flexibility index (Phi) is 3.85. The van der Waals surface area contributed by atoms with Crippen LogP contribution in [0.15, 0.2) is 42.6 Å². The first kappa shape index (κ1) is 13.6. The first-order chi connectivity index (χ1) is 10.4. The van der Waals surface area contributed by atoms with E-state index in [2.05, 4.69) is 53.8 Å². The molecule has 2 heteroatoms. The predicted octanol–water partition coefficient (Wildman–Crippen LogP) is 4.95. The van der Waals surface area contributed by atoms with Crippen LogP contribution in [-0.4, -0.2) is 18.3 Å². The van der Waals surface area contributed by atoms with E-state index in [1.165, 1.54) is 22.8 Å². The number of pyridine rings is 1. The Balaban J connectivity index is 2.15. The van der Waals surface area contributed by atoms with E-state index in [9.17, 15) is 0 Å². The van der Waals surface area contributed by atoms with Crippen LogP contribution in [-0.2, 0) is 0 Å². The molecule has 0 radical (unpaired) electrons. The van der Waals surface area contributed by atoms with Gasteiger partial charge in [0.25, 0.3) is 0 Å². The van der Waals surface area contributed by atoms with E-state index in [1.807, 2.05) is 6.07 Å². The van der Waals surface area contributed by atoms with E-state index in [4.69, 9.17) is 6.35 Å². The van der Waals surface area contributed by atoms with Crippen molar-refractivity contribution in [1.29, 1.82) is 0 Å². The summed E-state index contributed by atoms with van der Waals surface area (Å²) in [6, 6.07) is 12.6. The zero-order valence-electron chi connectivity index (χ0n) is 14.3. The molecule has 0 spiro atoms. The number of hydrogen-bond donors (Lipinski definition) is 0. The van der Waals surface area contributed by atoms with Gasteiger partial charge in [-0.25, -0.2) is 0 Å². The van der Waals surface area contributed by atoms with Gasteiger partial charge in [-0.05, 0) is 0 Å². The van der Waals surface area contributed by atoms with Crippen molar-refractivity contribution in [3.05, 3.63) is 48.2 Å². The molecule has 0 unspecified atom stereocenters. The van der Waals surface area contributed by atoms with E-state index in [1.54, 1.807) is 0 Å². The van der Waals surface area contributed by atoms with Crippen LogP contribution in [0.3, 0.4) is 0 Å². The Bertz CT molecular complexity index is 655. The third kappa shape index (κ3) is 3.23. The molecule has 1 heterocycles. The van der Waals surface area contributed by atoms with E-state index >= 15 is 0 Å². The van der Waals surface area contributed by atoms with Crippen LogP contribution in [0.5, 0.6) is 0 Å². The maximum atomic E-state index is 9.00. The number of rotatable bonds is 3. The molecule has 1 aromatic heterocycles. The number of benzene rings is 1. The molecule has 0 saturated heterocycles. The van der Waals surface area contributed by atoms with Gasteiger partial charge >= 0.3 is 132 Å². The maximum absolute atomic E-state index is 9.00. The third-order valence-electron chi connectivity index (χ3n) is 4.37. The van der Waals surface area contributed by atoms with Crippen LogP contribution in [0.2, 0.25) is 17.3 Å². The van der Waals surface area contributed by atoms with Gasteiger partial charge in [0.1, 0.15) is 0 Å².